The molecule has 13 heavy (non-hydrogen) atoms. The van der Waals surface area contributed by atoms with E-state index in [0.29, 0.717) is 6.61 Å². The van der Waals surface area contributed by atoms with Crippen LogP contribution in [-0.4, -0.2) is 45.0 Å². The molecule has 2 atom stereocenters. The van der Waals surface area contributed by atoms with Crippen LogP contribution in [0.5, 0.6) is 0 Å². The van der Waals surface area contributed by atoms with Crippen LogP contribution in [-0.2, 0) is 19.0 Å². The molecule has 76 valence electrons. The fourth-order valence-corrected chi connectivity index (χ4v) is 1.10. The molecular weight excluding hydrogens is 174 g/mol. The molecule has 0 saturated carbocycles. The minimum atomic E-state index is -0.689. The normalized spacial score (nSPS) is 24.3. The fraction of sp³-hybridized carbons (Fsp3) is 0.875. The third kappa shape index (κ3) is 3.30. The average Bonchev–Trinajstić information content (AvgIpc) is 2.65. The molecule has 0 bridgehead atoms. The maximum absolute atomic E-state index is 10.9. The average molecular weight is 189 g/mol. The Labute approximate surface area is 77.1 Å². The van der Waals surface area contributed by atoms with E-state index < -0.39 is 12.0 Å². The number of nitrogens with two attached hydrogens (primary N) is 1. The van der Waals surface area contributed by atoms with E-state index >= 15 is 0 Å². The Hall–Kier alpha value is -0.650. The van der Waals surface area contributed by atoms with Crippen molar-refractivity contribution in [3.63, 3.8) is 0 Å². The second kappa shape index (κ2) is 5.16. The Morgan fingerprint density at radius 2 is 2.54 bits per heavy atom. The third-order valence-electron chi connectivity index (χ3n) is 1.90. The number of methoxy groups -OCH3 is 1. The summed E-state index contributed by atoms with van der Waals surface area (Å²) in [5, 5.41) is 0. The van der Waals surface area contributed by atoms with Gasteiger partial charge in [0.05, 0.1) is 26.4 Å². The predicted molar refractivity (Wildman–Crippen MR) is 45.2 cm³/mol. The molecule has 2 N–H and O–H groups in total. The lowest BCUT2D eigenvalue weighted by Gasteiger charge is -2.13. The standard InChI is InChI=1S/C8H15NO4/c1-11-8(10)7(9)5-13-6-2-3-12-4-6/h6-7H,2-5,9H2,1H3. The van der Waals surface area contributed by atoms with Gasteiger partial charge in [0.2, 0.25) is 0 Å². The first-order valence-corrected chi connectivity index (χ1v) is 4.26. The highest BCUT2D eigenvalue weighted by molar-refractivity contribution is 5.75. The Balaban J connectivity index is 2.13. The van der Waals surface area contributed by atoms with E-state index in [2.05, 4.69) is 4.74 Å². The molecule has 1 saturated heterocycles. The Bertz CT molecular complexity index is 168. The van der Waals surface area contributed by atoms with Gasteiger partial charge in [0.15, 0.2) is 0 Å². The lowest BCUT2D eigenvalue weighted by molar-refractivity contribution is -0.144. The van der Waals surface area contributed by atoms with Crippen LogP contribution in [0, 0.1) is 0 Å². The third-order valence-corrected chi connectivity index (χ3v) is 1.90. The van der Waals surface area contributed by atoms with Gasteiger partial charge in [-0.2, -0.15) is 0 Å². The molecule has 0 radical (unpaired) electrons. The van der Waals surface area contributed by atoms with Gasteiger partial charge in [-0.3, -0.25) is 4.79 Å². The van der Waals surface area contributed by atoms with Crippen molar-refractivity contribution in [2.45, 2.75) is 18.6 Å². The smallest absolute Gasteiger partial charge is 0.325 e. The summed E-state index contributed by atoms with van der Waals surface area (Å²) in [4.78, 5) is 10.9. The fourth-order valence-electron chi connectivity index (χ4n) is 1.10. The minimum Gasteiger partial charge on any atom is -0.468 e. The summed E-state index contributed by atoms with van der Waals surface area (Å²) < 4.78 is 14.9. The van der Waals surface area contributed by atoms with Gasteiger partial charge >= 0.3 is 5.97 Å². The monoisotopic (exact) mass is 189 g/mol. The number of carbonyl (C=O) groups is 1. The van der Waals surface area contributed by atoms with Crippen LogP contribution in [0.1, 0.15) is 6.42 Å². The molecule has 0 aromatic heterocycles. The van der Waals surface area contributed by atoms with Crippen molar-refractivity contribution in [2.24, 2.45) is 5.73 Å². The second-order valence-corrected chi connectivity index (χ2v) is 2.95. The molecule has 5 heteroatoms. The number of rotatable bonds is 4. The van der Waals surface area contributed by atoms with Crippen LogP contribution in [0.3, 0.4) is 0 Å². The number of hydrogen-bond acceptors (Lipinski definition) is 5. The van der Waals surface area contributed by atoms with Gasteiger partial charge in [-0.1, -0.05) is 0 Å². The molecular formula is C8H15NO4. The molecule has 2 unspecified atom stereocenters. The molecule has 1 aliphatic heterocycles. The lowest BCUT2D eigenvalue weighted by Crippen LogP contribution is -2.37. The van der Waals surface area contributed by atoms with Gasteiger partial charge in [0, 0.05) is 6.61 Å². The van der Waals surface area contributed by atoms with E-state index in [9.17, 15) is 4.79 Å². The van der Waals surface area contributed by atoms with Gasteiger partial charge in [-0.05, 0) is 6.42 Å². The minimum absolute atomic E-state index is 0.0794. The van der Waals surface area contributed by atoms with Crippen molar-refractivity contribution in [1.29, 1.82) is 0 Å². The van der Waals surface area contributed by atoms with Crippen molar-refractivity contribution >= 4 is 5.97 Å². The van der Waals surface area contributed by atoms with Crippen molar-refractivity contribution in [3.8, 4) is 0 Å². The Morgan fingerprint density at radius 3 is 3.08 bits per heavy atom. The van der Waals surface area contributed by atoms with Crippen molar-refractivity contribution in [2.75, 3.05) is 26.9 Å². The van der Waals surface area contributed by atoms with Crippen LogP contribution in [0.25, 0.3) is 0 Å². The highest BCUT2D eigenvalue weighted by Gasteiger charge is 2.20. The topological polar surface area (TPSA) is 70.8 Å². The number of ether oxygens (including phenoxy) is 3. The molecule has 0 amide bonds. The lowest BCUT2D eigenvalue weighted by atomic mass is 10.3. The number of hydrogen-bond donors (Lipinski definition) is 1. The largest absolute Gasteiger partial charge is 0.468 e. The maximum Gasteiger partial charge on any atom is 0.325 e. The van der Waals surface area contributed by atoms with Crippen LogP contribution in [0.4, 0.5) is 0 Å². The first kappa shape index (κ1) is 10.4. The summed E-state index contributed by atoms with van der Waals surface area (Å²) in [6.45, 7) is 1.51. The van der Waals surface area contributed by atoms with E-state index in [-0.39, 0.29) is 12.7 Å². The predicted octanol–water partition coefficient (Wildman–Crippen LogP) is -0.708. The molecule has 0 aromatic carbocycles. The maximum atomic E-state index is 10.9. The van der Waals surface area contributed by atoms with Crippen molar-refractivity contribution in [3.05, 3.63) is 0 Å². The highest BCUT2D eigenvalue weighted by Crippen LogP contribution is 2.07. The van der Waals surface area contributed by atoms with Crippen LogP contribution < -0.4 is 5.73 Å². The molecule has 1 rings (SSSR count). The van der Waals surface area contributed by atoms with E-state index in [1.165, 1.54) is 7.11 Å². The van der Waals surface area contributed by atoms with Gasteiger partial charge in [0.1, 0.15) is 6.04 Å². The first-order valence-electron chi connectivity index (χ1n) is 4.26. The highest BCUT2D eigenvalue weighted by atomic mass is 16.6. The van der Waals surface area contributed by atoms with Crippen LogP contribution >= 0.6 is 0 Å². The first-order chi connectivity index (χ1) is 6.24. The van der Waals surface area contributed by atoms with Gasteiger partial charge in [0.25, 0.3) is 0 Å². The molecule has 1 aliphatic rings. The summed E-state index contributed by atoms with van der Waals surface area (Å²) in [6, 6.07) is -0.689. The number of esters is 1. The summed E-state index contributed by atoms with van der Waals surface area (Å²) in [7, 11) is 1.31. The SMILES string of the molecule is COC(=O)C(N)COC1CCOC1. The summed E-state index contributed by atoms with van der Waals surface area (Å²) in [6.07, 6.45) is 0.948. The summed E-state index contributed by atoms with van der Waals surface area (Å²) >= 11 is 0. The molecule has 5 nitrogen and oxygen atoms in total. The van der Waals surface area contributed by atoms with E-state index in [1.807, 2.05) is 0 Å². The van der Waals surface area contributed by atoms with Crippen molar-refractivity contribution in [1.82, 2.24) is 0 Å². The summed E-state index contributed by atoms with van der Waals surface area (Å²) in [5.41, 5.74) is 5.47. The number of carbonyl (C=O) groups excluding carboxylic acids is 1. The van der Waals surface area contributed by atoms with Gasteiger partial charge < -0.3 is 19.9 Å². The Morgan fingerprint density at radius 1 is 1.77 bits per heavy atom. The van der Waals surface area contributed by atoms with E-state index in [0.717, 1.165) is 13.0 Å². The zero-order chi connectivity index (χ0) is 9.68. The quantitative estimate of drug-likeness (QED) is 0.592. The van der Waals surface area contributed by atoms with Gasteiger partial charge in [-0.15, -0.1) is 0 Å². The van der Waals surface area contributed by atoms with E-state index in [1.54, 1.807) is 0 Å². The molecule has 1 heterocycles. The molecule has 0 spiro atoms. The zero-order valence-electron chi connectivity index (χ0n) is 7.69. The molecule has 1 fully saturated rings. The molecule has 0 aliphatic carbocycles. The Kier molecular flexibility index (Phi) is 4.14. The summed E-state index contributed by atoms with van der Waals surface area (Å²) in [5.74, 6) is -0.445. The molecule has 0 aromatic rings. The van der Waals surface area contributed by atoms with Gasteiger partial charge in [-0.25, -0.2) is 0 Å². The van der Waals surface area contributed by atoms with Crippen LogP contribution in [0.2, 0.25) is 0 Å². The zero-order valence-corrected chi connectivity index (χ0v) is 7.69. The van der Waals surface area contributed by atoms with Crippen LogP contribution in [0.15, 0.2) is 0 Å². The van der Waals surface area contributed by atoms with E-state index in [4.69, 9.17) is 15.2 Å². The van der Waals surface area contributed by atoms with Crippen molar-refractivity contribution < 1.29 is 19.0 Å². The second-order valence-electron chi connectivity index (χ2n) is 2.95.